The van der Waals surface area contributed by atoms with E-state index in [9.17, 15) is 4.79 Å². The zero-order valence-electron chi connectivity index (χ0n) is 14.7. The van der Waals surface area contributed by atoms with E-state index >= 15 is 0 Å². The minimum atomic E-state index is -0.0506. The number of piperazine rings is 1. The Labute approximate surface area is 147 Å². The lowest BCUT2D eigenvalue weighted by Crippen LogP contribution is -2.49. The van der Waals surface area contributed by atoms with Crippen LogP contribution in [0.15, 0.2) is 30.3 Å². The van der Waals surface area contributed by atoms with E-state index in [1.54, 1.807) is 32.4 Å². The van der Waals surface area contributed by atoms with Gasteiger partial charge in [0, 0.05) is 26.2 Å². The summed E-state index contributed by atoms with van der Waals surface area (Å²) < 4.78 is 10.6. The van der Waals surface area contributed by atoms with Gasteiger partial charge in [-0.15, -0.1) is 5.10 Å². The lowest BCUT2D eigenvalue weighted by Gasteiger charge is -2.35. The van der Waals surface area contributed by atoms with Crippen LogP contribution in [0.5, 0.6) is 11.5 Å². The highest BCUT2D eigenvalue weighted by Crippen LogP contribution is 2.26. The fourth-order valence-corrected chi connectivity index (χ4v) is 2.85. The van der Waals surface area contributed by atoms with Crippen molar-refractivity contribution >= 4 is 11.7 Å². The fourth-order valence-electron chi connectivity index (χ4n) is 2.85. The number of methoxy groups -OCH3 is 2. The van der Waals surface area contributed by atoms with Crippen molar-refractivity contribution in [2.24, 2.45) is 0 Å². The van der Waals surface area contributed by atoms with E-state index in [0.717, 1.165) is 24.6 Å². The number of hydrogen-bond donors (Lipinski definition) is 0. The van der Waals surface area contributed by atoms with Crippen molar-refractivity contribution in [1.82, 2.24) is 15.1 Å². The minimum Gasteiger partial charge on any atom is -0.497 e. The van der Waals surface area contributed by atoms with Crippen molar-refractivity contribution in [2.45, 2.75) is 6.92 Å². The number of anilines is 1. The van der Waals surface area contributed by atoms with Crippen LogP contribution in [-0.2, 0) is 0 Å². The minimum absolute atomic E-state index is 0.0506. The molecule has 1 fully saturated rings. The molecule has 2 aromatic rings. The Morgan fingerprint density at radius 2 is 1.76 bits per heavy atom. The monoisotopic (exact) mass is 342 g/mol. The van der Waals surface area contributed by atoms with E-state index in [0.29, 0.717) is 30.2 Å². The van der Waals surface area contributed by atoms with Crippen molar-refractivity contribution in [3.63, 3.8) is 0 Å². The van der Waals surface area contributed by atoms with Crippen LogP contribution < -0.4 is 14.4 Å². The first-order valence-electron chi connectivity index (χ1n) is 8.19. The highest BCUT2D eigenvalue weighted by atomic mass is 16.5. The molecule has 0 bridgehead atoms. The lowest BCUT2D eigenvalue weighted by atomic mass is 10.1. The maximum atomic E-state index is 12.9. The smallest absolute Gasteiger partial charge is 0.257 e. The van der Waals surface area contributed by atoms with Gasteiger partial charge in [-0.25, -0.2) is 0 Å². The van der Waals surface area contributed by atoms with E-state index in [-0.39, 0.29) is 5.91 Å². The number of hydrogen-bond acceptors (Lipinski definition) is 6. The standard InChI is InChI=1S/C18H22N4O3/c1-13-4-7-17(20-19-13)21-8-10-22(11-9-21)18(23)15-12-14(24-2)5-6-16(15)25-3/h4-7,12H,8-11H2,1-3H3. The number of ether oxygens (including phenoxy) is 2. The van der Waals surface area contributed by atoms with Crippen molar-refractivity contribution in [3.05, 3.63) is 41.6 Å². The molecule has 25 heavy (non-hydrogen) atoms. The average molecular weight is 342 g/mol. The highest BCUT2D eigenvalue weighted by molar-refractivity contribution is 5.97. The molecule has 1 aliphatic rings. The first-order valence-corrected chi connectivity index (χ1v) is 8.19. The van der Waals surface area contributed by atoms with Gasteiger partial charge >= 0.3 is 0 Å². The van der Waals surface area contributed by atoms with Crippen LogP contribution in [-0.4, -0.2) is 61.4 Å². The van der Waals surface area contributed by atoms with Crippen LogP contribution in [0.1, 0.15) is 16.1 Å². The summed E-state index contributed by atoms with van der Waals surface area (Å²) in [7, 11) is 3.14. The zero-order chi connectivity index (χ0) is 17.8. The molecule has 0 N–H and O–H groups in total. The quantitative estimate of drug-likeness (QED) is 0.843. The normalized spacial score (nSPS) is 14.4. The Morgan fingerprint density at radius 3 is 2.36 bits per heavy atom. The molecule has 0 aliphatic carbocycles. The summed E-state index contributed by atoms with van der Waals surface area (Å²) in [5.41, 5.74) is 1.41. The Hall–Kier alpha value is -2.83. The summed E-state index contributed by atoms with van der Waals surface area (Å²) in [6.07, 6.45) is 0. The fraction of sp³-hybridized carbons (Fsp3) is 0.389. The van der Waals surface area contributed by atoms with Gasteiger partial charge in [0.15, 0.2) is 5.82 Å². The molecule has 0 atom stereocenters. The maximum Gasteiger partial charge on any atom is 0.257 e. The number of nitrogens with zero attached hydrogens (tertiary/aromatic N) is 4. The van der Waals surface area contributed by atoms with Crippen LogP contribution in [0.2, 0.25) is 0 Å². The molecule has 7 heteroatoms. The van der Waals surface area contributed by atoms with Gasteiger partial charge in [0.25, 0.3) is 5.91 Å². The van der Waals surface area contributed by atoms with Crippen LogP contribution in [0.25, 0.3) is 0 Å². The summed E-state index contributed by atoms with van der Waals surface area (Å²) in [5, 5.41) is 8.31. The summed E-state index contributed by atoms with van der Waals surface area (Å²) in [6.45, 7) is 4.59. The molecule has 132 valence electrons. The number of rotatable bonds is 4. The van der Waals surface area contributed by atoms with Crippen LogP contribution in [0.3, 0.4) is 0 Å². The number of amides is 1. The van der Waals surface area contributed by atoms with Gasteiger partial charge in [-0.05, 0) is 37.3 Å². The Bertz CT molecular complexity index is 740. The average Bonchev–Trinajstić information content (AvgIpc) is 2.67. The van der Waals surface area contributed by atoms with Crippen LogP contribution in [0.4, 0.5) is 5.82 Å². The second-order valence-corrected chi connectivity index (χ2v) is 5.88. The highest BCUT2D eigenvalue weighted by Gasteiger charge is 2.25. The Balaban J connectivity index is 1.70. The predicted octanol–water partition coefficient (Wildman–Crippen LogP) is 1.76. The third-order valence-electron chi connectivity index (χ3n) is 4.31. The summed E-state index contributed by atoms with van der Waals surface area (Å²) >= 11 is 0. The molecule has 0 spiro atoms. The van der Waals surface area contributed by atoms with E-state index < -0.39 is 0 Å². The zero-order valence-corrected chi connectivity index (χ0v) is 14.7. The third kappa shape index (κ3) is 3.65. The van der Waals surface area contributed by atoms with E-state index in [4.69, 9.17) is 9.47 Å². The molecule has 2 heterocycles. The summed E-state index contributed by atoms with van der Waals surface area (Å²) in [5.74, 6) is 1.98. The van der Waals surface area contributed by atoms with Gasteiger partial charge in [0.1, 0.15) is 11.5 Å². The van der Waals surface area contributed by atoms with Gasteiger partial charge in [0.2, 0.25) is 0 Å². The topological polar surface area (TPSA) is 67.8 Å². The Kier molecular flexibility index (Phi) is 5.02. The second kappa shape index (κ2) is 7.38. The number of benzene rings is 1. The molecule has 1 aromatic carbocycles. The van der Waals surface area contributed by atoms with E-state index in [1.165, 1.54) is 0 Å². The SMILES string of the molecule is COc1ccc(OC)c(C(=O)N2CCN(c3ccc(C)nn3)CC2)c1. The molecule has 0 saturated carbocycles. The van der Waals surface area contributed by atoms with Gasteiger partial charge in [-0.3, -0.25) is 4.79 Å². The predicted molar refractivity (Wildman–Crippen MR) is 94.4 cm³/mol. The maximum absolute atomic E-state index is 12.9. The molecule has 0 unspecified atom stereocenters. The second-order valence-electron chi connectivity index (χ2n) is 5.88. The van der Waals surface area contributed by atoms with Crippen LogP contribution in [0, 0.1) is 6.92 Å². The number of carbonyl (C=O) groups excluding carboxylic acids is 1. The first-order chi connectivity index (χ1) is 12.1. The van der Waals surface area contributed by atoms with E-state index in [2.05, 4.69) is 15.1 Å². The molecular weight excluding hydrogens is 320 g/mol. The number of carbonyl (C=O) groups is 1. The van der Waals surface area contributed by atoms with Crippen molar-refractivity contribution in [3.8, 4) is 11.5 Å². The van der Waals surface area contributed by atoms with Crippen molar-refractivity contribution in [1.29, 1.82) is 0 Å². The molecular formula is C18H22N4O3. The molecule has 1 saturated heterocycles. The number of aryl methyl sites for hydroxylation is 1. The molecule has 1 aliphatic heterocycles. The largest absolute Gasteiger partial charge is 0.497 e. The van der Waals surface area contributed by atoms with E-state index in [1.807, 2.05) is 24.0 Å². The Morgan fingerprint density at radius 1 is 1.00 bits per heavy atom. The first kappa shape index (κ1) is 17.0. The summed E-state index contributed by atoms with van der Waals surface area (Å²) in [4.78, 5) is 16.8. The van der Waals surface area contributed by atoms with Crippen molar-refractivity contribution in [2.75, 3.05) is 45.3 Å². The van der Waals surface area contributed by atoms with Gasteiger partial charge in [-0.2, -0.15) is 5.10 Å². The molecule has 3 rings (SSSR count). The number of aromatic nitrogens is 2. The van der Waals surface area contributed by atoms with Gasteiger partial charge < -0.3 is 19.3 Å². The van der Waals surface area contributed by atoms with Crippen LogP contribution >= 0.6 is 0 Å². The molecule has 7 nitrogen and oxygen atoms in total. The summed E-state index contributed by atoms with van der Waals surface area (Å²) in [6, 6.07) is 9.17. The van der Waals surface area contributed by atoms with Gasteiger partial charge in [-0.1, -0.05) is 0 Å². The lowest BCUT2D eigenvalue weighted by molar-refractivity contribution is 0.0742. The molecule has 1 amide bonds. The van der Waals surface area contributed by atoms with Crippen molar-refractivity contribution < 1.29 is 14.3 Å². The van der Waals surface area contributed by atoms with Gasteiger partial charge in [0.05, 0.1) is 25.5 Å². The third-order valence-corrected chi connectivity index (χ3v) is 4.31. The molecule has 0 radical (unpaired) electrons. The molecule has 1 aromatic heterocycles.